The molecule has 1 aliphatic rings. The first-order valence-corrected chi connectivity index (χ1v) is 7.93. The summed E-state index contributed by atoms with van der Waals surface area (Å²) < 4.78 is 4.51. The van der Waals surface area contributed by atoms with Crippen molar-refractivity contribution in [3.05, 3.63) is 35.7 Å². The molecule has 1 fully saturated rings. The van der Waals surface area contributed by atoms with Crippen LogP contribution in [0, 0.1) is 6.92 Å². The van der Waals surface area contributed by atoms with Crippen LogP contribution in [0.4, 0.5) is 10.8 Å². The first kappa shape index (κ1) is 13.5. The molecule has 3 rings (SSSR count). The van der Waals surface area contributed by atoms with Crippen molar-refractivity contribution < 1.29 is 0 Å². The molecule has 20 heavy (non-hydrogen) atoms. The van der Waals surface area contributed by atoms with Gasteiger partial charge in [0.15, 0.2) is 0 Å². The maximum Gasteiger partial charge on any atom is 0.209 e. The largest absolute Gasteiger partial charge is 0.330 e. The minimum atomic E-state index is 0.606. The van der Waals surface area contributed by atoms with Crippen LogP contribution in [-0.4, -0.2) is 22.4 Å². The lowest BCUT2D eigenvalue weighted by Gasteiger charge is -2.21. The Labute approximate surface area is 123 Å². The first-order chi connectivity index (χ1) is 9.78. The number of nitrogens with two attached hydrogens (primary N) is 1. The van der Waals surface area contributed by atoms with Crippen LogP contribution < -0.4 is 10.6 Å². The number of aryl methyl sites for hydroxylation is 1. The molecule has 0 radical (unpaired) electrons. The molecule has 0 bridgehead atoms. The van der Waals surface area contributed by atoms with Crippen molar-refractivity contribution in [3.8, 4) is 0 Å². The van der Waals surface area contributed by atoms with E-state index >= 15 is 0 Å². The molecular formula is C15H20N4S. The van der Waals surface area contributed by atoms with E-state index in [0.717, 1.165) is 23.9 Å². The van der Waals surface area contributed by atoms with Gasteiger partial charge >= 0.3 is 0 Å². The lowest BCUT2D eigenvalue weighted by Crippen LogP contribution is -2.20. The van der Waals surface area contributed by atoms with Crippen molar-refractivity contribution in [3.63, 3.8) is 0 Å². The molecule has 0 aliphatic heterocycles. The van der Waals surface area contributed by atoms with Gasteiger partial charge in [0.1, 0.15) is 5.82 Å². The Hall–Kier alpha value is -1.46. The van der Waals surface area contributed by atoms with E-state index in [4.69, 9.17) is 10.7 Å². The quantitative estimate of drug-likeness (QED) is 0.886. The summed E-state index contributed by atoms with van der Waals surface area (Å²) in [5, 5.41) is 0.990. The zero-order valence-electron chi connectivity index (χ0n) is 11.7. The van der Waals surface area contributed by atoms with Crippen molar-refractivity contribution in [2.75, 3.05) is 18.0 Å². The van der Waals surface area contributed by atoms with Gasteiger partial charge < -0.3 is 10.6 Å². The van der Waals surface area contributed by atoms with Crippen LogP contribution in [-0.2, 0) is 0 Å². The molecule has 0 amide bonds. The molecule has 0 atom stereocenters. The van der Waals surface area contributed by atoms with Crippen LogP contribution in [0.25, 0.3) is 0 Å². The van der Waals surface area contributed by atoms with E-state index in [0.29, 0.717) is 12.5 Å². The Kier molecular flexibility index (Phi) is 3.98. The fraction of sp³-hybridized carbons (Fsp3) is 0.467. The lowest BCUT2D eigenvalue weighted by molar-refractivity contribution is 0.812. The molecule has 4 nitrogen and oxygen atoms in total. The molecule has 0 spiro atoms. The Morgan fingerprint density at radius 1 is 1.30 bits per heavy atom. The molecule has 0 unspecified atom stereocenters. The summed E-state index contributed by atoms with van der Waals surface area (Å²) in [6.45, 7) is 3.68. The highest BCUT2D eigenvalue weighted by atomic mass is 32.1. The first-order valence-electron chi connectivity index (χ1n) is 7.16. The molecule has 2 N–H and O–H groups in total. The van der Waals surface area contributed by atoms with Crippen LogP contribution in [0.1, 0.15) is 36.6 Å². The third-order valence-electron chi connectivity index (χ3n) is 3.54. The van der Waals surface area contributed by atoms with Crippen LogP contribution in [0.3, 0.4) is 0 Å². The molecule has 1 aromatic heterocycles. The van der Waals surface area contributed by atoms with E-state index in [-0.39, 0.29) is 0 Å². The maximum atomic E-state index is 5.66. The van der Waals surface area contributed by atoms with E-state index in [1.165, 1.54) is 35.6 Å². The van der Waals surface area contributed by atoms with Crippen molar-refractivity contribution in [1.29, 1.82) is 0 Å². The van der Waals surface area contributed by atoms with Crippen molar-refractivity contribution in [2.24, 2.45) is 5.73 Å². The Bertz CT molecular complexity index is 560. The average molecular weight is 288 g/mol. The van der Waals surface area contributed by atoms with Gasteiger partial charge in [-0.2, -0.15) is 4.37 Å². The van der Waals surface area contributed by atoms with Gasteiger partial charge in [0.05, 0.1) is 0 Å². The summed E-state index contributed by atoms with van der Waals surface area (Å²) in [7, 11) is 0. The molecule has 1 aromatic carbocycles. The monoisotopic (exact) mass is 288 g/mol. The third kappa shape index (κ3) is 2.99. The van der Waals surface area contributed by atoms with Gasteiger partial charge in [-0.25, -0.2) is 4.98 Å². The molecule has 5 heteroatoms. The van der Waals surface area contributed by atoms with Crippen molar-refractivity contribution in [1.82, 2.24) is 9.36 Å². The second kappa shape index (κ2) is 5.89. The number of rotatable bonds is 6. The van der Waals surface area contributed by atoms with Gasteiger partial charge in [-0.15, -0.1) is 0 Å². The molecule has 0 saturated heterocycles. The molecule has 2 aromatic rings. The van der Waals surface area contributed by atoms with Crippen molar-refractivity contribution in [2.45, 2.75) is 32.1 Å². The highest BCUT2D eigenvalue weighted by Crippen LogP contribution is 2.40. The topological polar surface area (TPSA) is 55.0 Å². The summed E-state index contributed by atoms with van der Waals surface area (Å²) in [5.74, 6) is 1.63. The zero-order valence-corrected chi connectivity index (χ0v) is 12.6. The number of nitrogens with zero attached hydrogens (tertiary/aromatic N) is 3. The predicted octanol–water partition coefficient (Wildman–Crippen LogP) is 3.21. The van der Waals surface area contributed by atoms with Gasteiger partial charge in [0, 0.05) is 29.7 Å². The van der Waals surface area contributed by atoms with E-state index in [1.54, 1.807) is 0 Å². The summed E-state index contributed by atoms with van der Waals surface area (Å²) in [6, 6.07) is 8.55. The van der Waals surface area contributed by atoms with Crippen LogP contribution in [0.2, 0.25) is 0 Å². The van der Waals surface area contributed by atoms with Crippen LogP contribution >= 0.6 is 11.5 Å². The second-order valence-corrected chi connectivity index (χ2v) is 6.07. The Balaban J connectivity index is 1.85. The van der Waals surface area contributed by atoms with Gasteiger partial charge in [-0.3, -0.25) is 0 Å². The van der Waals surface area contributed by atoms with Crippen LogP contribution in [0.15, 0.2) is 24.3 Å². The van der Waals surface area contributed by atoms with Gasteiger partial charge in [0.25, 0.3) is 0 Å². The fourth-order valence-electron chi connectivity index (χ4n) is 2.15. The minimum Gasteiger partial charge on any atom is -0.330 e. The summed E-state index contributed by atoms with van der Waals surface area (Å²) >= 11 is 1.50. The third-order valence-corrected chi connectivity index (χ3v) is 4.29. The molecule has 1 aliphatic carbocycles. The fourth-order valence-corrected chi connectivity index (χ4v) is 2.95. The molecular weight excluding hydrogens is 268 g/mol. The number of anilines is 2. The van der Waals surface area contributed by atoms with Gasteiger partial charge in [-0.1, -0.05) is 17.7 Å². The van der Waals surface area contributed by atoms with Gasteiger partial charge in [0.2, 0.25) is 5.13 Å². The second-order valence-electron chi connectivity index (χ2n) is 5.34. The molecule has 1 heterocycles. The highest BCUT2D eigenvalue weighted by molar-refractivity contribution is 7.09. The summed E-state index contributed by atoms with van der Waals surface area (Å²) in [6.07, 6.45) is 3.43. The summed E-state index contributed by atoms with van der Waals surface area (Å²) in [5.41, 5.74) is 8.10. The normalized spacial score (nSPS) is 14.5. The Morgan fingerprint density at radius 2 is 2.05 bits per heavy atom. The highest BCUT2D eigenvalue weighted by Gasteiger charge is 2.28. The minimum absolute atomic E-state index is 0.606. The maximum absolute atomic E-state index is 5.66. The SMILES string of the molecule is Cc1ccc(N(CCCN)c2nc(C3CC3)ns2)cc1. The van der Waals surface area contributed by atoms with E-state index in [9.17, 15) is 0 Å². The number of benzene rings is 1. The molecule has 106 valence electrons. The average Bonchev–Trinajstić information content (AvgIpc) is 3.20. The lowest BCUT2D eigenvalue weighted by atomic mass is 10.2. The standard InChI is InChI=1S/C15H20N4S/c1-11-3-7-13(8-4-11)19(10-2-9-16)15-17-14(18-20-15)12-5-6-12/h3-4,7-8,12H,2,5-6,9-10,16H2,1H3. The number of hydrogen-bond acceptors (Lipinski definition) is 5. The Morgan fingerprint density at radius 3 is 2.70 bits per heavy atom. The molecule has 1 saturated carbocycles. The zero-order chi connectivity index (χ0) is 13.9. The van der Waals surface area contributed by atoms with E-state index in [2.05, 4.69) is 40.5 Å². The smallest absolute Gasteiger partial charge is 0.209 e. The van der Waals surface area contributed by atoms with E-state index in [1.807, 2.05) is 0 Å². The summed E-state index contributed by atoms with van der Waals surface area (Å²) in [4.78, 5) is 6.95. The predicted molar refractivity (Wildman–Crippen MR) is 83.7 cm³/mol. The van der Waals surface area contributed by atoms with Crippen molar-refractivity contribution >= 4 is 22.4 Å². The van der Waals surface area contributed by atoms with Crippen LogP contribution in [0.5, 0.6) is 0 Å². The number of hydrogen-bond donors (Lipinski definition) is 1. The van der Waals surface area contributed by atoms with Gasteiger partial charge in [-0.05, 0) is 44.9 Å². The number of aromatic nitrogens is 2. The van der Waals surface area contributed by atoms with E-state index < -0.39 is 0 Å².